The normalized spacial score (nSPS) is 12.2. The standard InChI is InChI=1S/C24H20Br2N2O8S/c1-34-15-3-5-16(6-4-15)37(32,33)22-12-27-18-7-2-14(11-17(18)22)28-19(24(30)31)8-13-9-20(35-25)23(29)21(10-13)36-26/h2-7,9-12,19,27-29H,8H2,1H3,(H,30,31)/t19-/m1/s1. The molecule has 4 aromatic rings. The summed E-state index contributed by atoms with van der Waals surface area (Å²) < 4.78 is 41.6. The van der Waals surface area contributed by atoms with Crippen LogP contribution >= 0.6 is 32.5 Å². The van der Waals surface area contributed by atoms with Crippen LogP contribution in [0.5, 0.6) is 23.0 Å². The minimum absolute atomic E-state index is 0.00941. The first-order valence-corrected chi connectivity index (χ1v) is 13.4. The molecule has 0 unspecified atom stereocenters. The zero-order valence-electron chi connectivity index (χ0n) is 19.1. The molecule has 37 heavy (non-hydrogen) atoms. The molecule has 3 aromatic carbocycles. The van der Waals surface area contributed by atoms with E-state index in [0.29, 0.717) is 27.9 Å². The van der Waals surface area contributed by atoms with E-state index in [2.05, 4.69) is 42.8 Å². The number of nitrogens with one attached hydrogen (secondary N) is 2. The molecule has 0 aliphatic carbocycles. The van der Waals surface area contributed by atoms with E-state index in [0.717, 1.165) is 0 Å². The van der Waals surface area contributed by atoms with E-state index in [-0.39, 0.29) is 33.5 Å². The summed E-state index contributed by atoms with van der Waals surface area (Å²) in [4.78, 5) is 15.2. The highest BCUT2D eigenvalue weighted by atomic mass is 79.9. The van der Waals surface area contributed by atoms with Crippen molar-refractivity contribution in [1.29, 1.82) is 0 Å². The molecule has 0 radical (unpaired) electrons. The van der Waals surface area contributed by atoms with Crippen LogP contribution in [0.1, 0.15) is 5.56 Å². The number of fused-ring (bicyclic) bond motifs is 1. The van der Waals surface area contributed by atoms with Crippen LogP contribution in [0, 0.1) is 0 Å². The molecule has 0 saturated heterocycles. The van der Waals surface area contributed by atoms with Crippen molar-refractivity contribution in [2.45, 2.75) is 22.3 Å². The summed E-state index contributed by atoms with van der Waals surface area (Å²) in [5.41, 5.74) is 1.46. The second kappa shape index (κ2) is 10.9. The van der Waals surface area contributed by atoms with Crippen LogP contribution in [-0.2, 0) is 21.1 Å². The van der Waals surface area contributed by atoms with Crippen molar-refractivity contribution >= 4 is 64.9 Å². The lowest BCUT2D eigenvalue weighted by Crippen LogP contribution is -2.31. The number of hydrogen-bond acceptors (Lipinski definition) is 8. The maximum Gasteiger partial charge on any atom is 0.326 e. The third kappa shape index (κ3) is 5.48. The predicted octanol–water partition coefficient (Wildman–Crippen LogP) is 5.20. The molecule has 0 bridgehead atoms. The Balaban J connectivity index is 1.66. The first kappa shape index (κ1) is 26.6. The van der Waals surface area contributed by atoms with Gasteiger partial charge in [0.2, 0.25) is 15.6 Å². The van der Waals surface area contributed by atoms with Crippen LogP contribution in [0.25, 0.3) is 10.9 Å². The Bertz CT molecular complexity index is 1530. The second-order valence-corrected chi connectivity index (χ2v) is 10.5. The lowest BCUT2D eigenvalue weighted by molar-refractivity contribution is -0.137. The van der Waals surface area contributed by atoms with E-state index >= 15 is 0 Å². The van der Waals surface area contributed by atoms with Gasteiger partial charge in [0.05, 0.1) is 16.9 Å². The van der Waals surface area contributed by atoms with Crippen LogP contribution in [0.4, 0.5) is 5.69 Å². The molecule has 0 spiro atoms. The Morgan fingerprint density at radius 2 is 1.70 bits per heavy atom. The minimum atomic E-state index is -3.87. The molecule has 0 aliphatic rings. The van der Waals surface area contributed by atoms with Gasteiger partial charge in [-0.05, 0) is 60.2 Å². The van der Waals surface area contributed by atoms with Gasteiger partial charge in [0.15, 0.2) is 44.0 Å². The molecule has 194 valence electrons. The van der Waals surface area contributed by atoms with Gasteiger partial charge in [0, 0.05) is 29.2 Å². The van der Waals surface area contributed by atoms with E-state index in [1.807, 2.05) is 0 Å². The number of hydrogen-bond donors (Lipinski definition) is 4. The summed E-state index contributed by atoms with van der Waals surface area (Å²) >= 11 is 5.60. The van der Waals surface area contributed by atoms with Gasteiger partial charge >= 0.3 is 5.97 Å². The number of phenolic OH excluding ortho intramolecular Hbond substituents is 1. The summed E-state index contributed by atoms with van der Waals surface area (Å²) in [6, 6.07) is 12.8. The fourth-order valence-corrected chi connectivity index (χ4v) is 5.71. The van der Waals surface area contributed by atoms with Gasteiger partial charge in [-0.25, -0.2) is 13.2 Å². The molecular formula is C24H20Br2N2O8S. The highest BCUT2D eigenvalue weighted by molar-refractivity contribution is 9.06. The fraction of sp³-hybridized carbons (Fsp3) is 0.125. The highest BCUT2D eigenvalue weighted by Gasteiger charge is 2.24. The number of rotatable bonds is 10. The van der Waals surface area contributed by atoms with Gasteiger partial charge < -0.3 is 32.9 Å². The van der Waals surface area contributed by atoms with Gasteiger partial charge in [0.1, 0.15) is 11.8 Å². The Kier molecular flexibility index (Phi) is 7.85. The molecule has 0 aliphatic heterocycles. The Morgan fingerprint density at radius 3 is 2.27 bits per heavy atom. The molecule has 4 N–H and O–H groups in total. The summed E-state index contributed by atoms with van der Waals surface area (Å²) in [7, 11) is -2.38. The number of H-pyrrole nitrogens is 1. The number of methoxy groups -OCH3 is 1. The van der Waals surface area contributed by atoms with Gasteiger partial charge in [-0.3, -0.25) is 0 Å². The maximum atomic E-state index is 13.3. The maximum absolute atomic E-state index is 13.3. The first-order valence-electron chi connectivity index (χ1n) is 10.6. The Morgan fingerprint density at radius 1 is 1.05 bits per heavy atom. The van der Waals surface area contributed by atoms with Crippen LogP contribution in [0.3, 0.4) is 0 Å². The molecule has 1 atom stereocenters. The average molecular weight is 656 g/mol. The zero-order chi connectivity index (χ0) is 26.7. The number of phenols is 1. The summed E-state index contributed by atoms with van der Waals surface area (Å²) in [6.45, 7) is 0. The molecule has 4 rings (SSSR count). The quantitative estimate of drug-likeness (QED) is 0.181. The highest BCUT2D eigenvalue weighted by Crippen LogP contribution is 2.39. The van der Waals surface area contributed by atoms with Gasteiger partial charge in [-0.2, -0.15) is 0 Å². The van der Waals surface area contributed by atoms with E-state index in [9.17, 15) is 23.4 Å². The first-order chi connectivity index (χ1) is 17.7. The number of aromatic hydroxyl groups is 1. The number of carboxylic acid groups (broad SMARTS) is 1. The number of ether oxygens (including phenoxy) is 1. The lowest BCUT2D eigenvalue weighted by Gasteiger charge is -2.17. The van der Waals surface area contributed by atoms with Gasteiger partial charge in [-0.1, -0.05) is 0 Å². The molecule has 13 heteroatoms. The number of aromatic amines is 1. The van der Waals surface area contributed by atoms with Crippen molar-refractivity contribution in [3.63, 3.8) is 0 Å². The Labute approximate surface area is 229 Å². The van der Waals surface area contributed by atoms with Crippen LogP contribution in [0.2, 0.25) is 0 Å². The van der Waals surface area contributed by atoms with Crippen molar-refractivity contribution in [1.82, 2.24) is 4.98 Å². The van der Waals surface area contributed by atoms with Crippen LogP contribution < -0.4 is 17.7 Å². The molecule has 0 amide bonds. The molecule has 0 fully saturated rings. The fourth-order valence-electron chi connectivity index (χ4n) is 3.80. The number of carbonyl (C=O) groups is 1. The molecule has 0 saturated carbocycles. The van der Waals surface area contributed by atoms with E-state index < -0.39 is 21.8 Å². The van der Waals surface area contributed by atoms with E-state index in [1.54, 1.807) is 30.3 Å². The smallest absolute Gasteiger partial charge is 0.326 e. The van der Waals surface area contributed by atoms with Crippen molar-refractivity contribution in [3.05, 3.63) is 66.4 Å². The molecule has 1 aromatic heterocycles. The summed E-state index contributed by atoms with van der Waals surface area (Å²) in [6.07, 6.45) is 1.40. The molecular weight excluding hydrogens is 636 g/mol. The monoisotopic (exact) mass is 654 g/mol. The average Bonchev–Trinajstić information content (AvgIpc) is 3.33. The van der Waals surface area contributed by atoms with Gasteiger partial charge in [-0.15, -0.1) is 0 Å². The predicted molar refractivity (Wildman–Crippen MR) is 143 cm³/mol. The van der Waals surface area contributed by atoms with Gasteiger partial charge in [0.25, 0.3) is 0 Å². The number of aromatic nitrogens is 1. The number of sulfone groups is 1. The SMILES string of the molecule is COc1ccc(S(=O)(=O)c2c[nH]c3ccc(N[C@H](Cc4cc(OBr)c(O)c(OBr)c4)C(=O)O)cc23)cc1. The van der Waals surface area contributed by atoms with Crippen molar-refractivity contribution in [2.24, 2.45) is 0 Å². The second-order valence-electron chi connectivity index (χ2n) is 7.93. The number of carboxylic acids is 1. The third-order valence-corrected chi connectivity index (χ3v) is 8.15. The molecule has 1 heterocycles. The van der Waals surface area contributed by atoms with Crippen molar-refractivity contribution in [2.75, 3.05) is 12.4 Å². The Hall–Kier alpha value is -3.42. The molecule has 10 nitrogen and oxygen atoms in total. The largest absolute Gasteiger partial charge is 0.502 e. The van der Waals surface area contributed by atoms with Crippen molar-refractivity contribution in [3.8, 4) is 23.0 Å². The lowest BCUT2D eigenvalue weighted by atomic mass is 10.0. The number of anilines is 1. The third-order valence-electron chi connectivity index (χ3n) is 5.65. The summed E-state index contributed by atoms with van der Waals surface area (Å²) in [5.74, 6) is -0.810. The van der Waals surface area contributed by atoms with Crippen molar-refractivity contribution < 1.29 is 35.8 Å². The topological polar surface area (TPSA) is 147 Å². The number of aliphatic carboxylic acids is 1. The number of halogens is 2. The summed E-state index contributed by atoms with van der Waals surface area (Å²) in [5, 5.41) is 23.3. The van der Waals surface area contributed by atoms with E-state index in [4.69, 9.17) is 12.4 Å². The van der Waals surface area contributed by atoms with Crippen LogP contribution in [-0.4, -0.2) is 42.7 Å². The minimum Gasteiger partial charge on any atom is -0.502 e. The number of benzene rings is 3. The zero-order valence-corrected chi connectivity index (χ0v) is 23.1. The van der Waals surface area contributed by atoms with Crippen LogP contribution in [0.15, 0.2) is 70.6 Å². The van der Waals surface area contributed by atoms with E-state index in [1.165, 1.54) is 37.6 Å².